The van der Waals surface area contributed by atoms with Crippen LogP contribution in [0, 0.1) is 0 Å². The Bertz CT molecular complexity index is 234. The predicted octanol–water partition coefficient (Wildman–Crippen LogP) is 2.89. The van der Waals surface area contributed by atoms with Gasteiger partial charge in [-0.05, 0) is 17.9 Å². The molecule has 0 bridgehead atoms. The molecule has 14 heavy (non-hydrogen) atoms. The van der Waals surface area contributed by atoms with Gasteiger partial charge in [-0.2, -0.15) is 0 Å². The number of rotatable bonds is 4. The largest absolute Gasteiger partial charge is 0.351 e. The van der Waals surface area contributed by atoms with Crippen LogP contribution in [0.4, 0.5) is 0 Å². The van der Waals surface area contributed by atoms with Gasteiger partial charge >= 0.3 is 0 Å². The summed E-state index contributed by atoms with van der Waals surface area (Å²) in [6, 6.07) is 9.39. The minimum absolute atomic E-state index is 0.445. The minimum Gasteiger partial charge on any atom is -0.351 e. The van der Waals surface area contributed by atoms with Gasteiger partial charge in [-0.25, -0.2) is 0 Å². The van der Waals surface area contributed by atoms with Crippen LogP contribution in [0.25, 0.3) is 0 Å². The summed E-state index contributed by atoms with van der Waals surface area (Å²) < 4.78 is 0. The van der Waals surface area contributed by atoms with E-state index in [0.717, 1.165) is 6.42 Å². The number of hydrogen-bond donors (Lipinski definition) is 1. The van der Waals surface area contributed by atoms with Gasteiger partial charge in [0.2, 0.25) is 0 Å². The molecule has 0 radical (unpaired) electrons. The lowest BCUT2D eigenvalue weighted by Gasteiger charge is -2.11. The molecule has 3 N–H and O–H groups in total. The van der Waals surface area contributed by atoms with Gasteiger partial charge in [0.25, 0.3) is 0 Å². The summed E-state index contributed by atoms with van der Waals surface area (Å²) >= 11 is 0. The van der Waals surface area contributed by atoms with Crippen LogP contribution in [-0.2, 0) is 0 Å². The molecule has 0 aliphatic rings. The molecular formula is C13H22N+. The zero-order valence-corrected chi connectivity index (χ0v) is 9.59. The lowest BCUT2D eigenvalue weighted by Crippen LogP contribution is -2.53. The molecule has 1 aromatic rings. The van der Waals surface area contributed by atoms with Gasteiger partial charge in [0.05, 0.1) is 0 Å². The molecule has 0 aliphatic carbocycles. The molecule has 0 heterocycles. The van der Waals surface area contributed by atoms with Gasteiger partial charge in [-0.15, -0.1) is 0 Å². The summed E-state index contributed by atoms with van der Waals surface area (Å²) in [5, 5.41) is 0. The second kappa shape index (κ2) is 5.16. The first-order valence-electron chi connectivity index (χ1n) is 5.62. The first-order valence-corrected chi connectivity index (χ1v) is 5.62. The molecule has 1 nitrogen and oxygen atoms in total. The van der Waals surface area contributed by atoms with Crippen molar-refractivity contribution in [3.8, 4) is 0 Å². The molecule has 0 saturated carbocycles. The third kappa shape index (κ3) is 2.58. The zero-order valence-electron chi connectivity index (χ0n) is 9.59. The van der Waals surface area contributed by atoms with Gasteiger partial charge in [-0.1, -0.05) is 45.0 Å². The molecule has 2 atom stereocenters. The summed E-state index contributed by atoms with van der Waals surface area (Å²) in [6.07, 6.45) is 2.32. The summed E-state index contributed by atoms with van der Waals surface area (Å²) in [6.45, 7) is 6.69. The van der Waals surface area contributed by atoms with E-state index in [0.29, 0.717) is 12.0 Å². The highest BCUT2D eigenvalue weighted by molar-refractivity contribution is 5.26. The van der Waals surface area contributed by atoms with Crippen molar-refractivity contribution in [2.24, 2.45) is 0 Å². The Labute approximate surface area is 87.3 Å². The highest BCUT2D eigenvalue weighted by Crippen LogP contribution is 2.20. The Kier molecular flexibility index (Phi) is 4.15. The van der Waals surface area contributed by atoms with Gasteiger partial charge < -0.3 is 5.73 Å². The van der Waals surface area contributed by atoms with E-state index in [1.165, 1.54) is 17.5 Å². The number of quaternary nitrogens is 1. The average Bonchev–Trinajstić information content (AvgIpc) is 2.27. The van der Waals surface area contributed by atoms with Gasteiger partial charge in [0.15, 0.2) is 0 Å². The molecule has 1 aromatic carbocycles. The molecular weight excluding hydrogens is 170 g/mol. The van der Waals surface area contributed by atoms with Crippen molar-refractivity contribution in [3.05, 3.63) is 35.4 Å². The molecule has 0 amide bonds. The highest BCUT2D eigenvalue weighted by atomic mass is 14.6. The van der Waals surface area contributed by atoms with Gasteiger partial charge in [0, 0.05) is 12.0 Å². The van der Waals surface area contributed by atoms with E-state index in [4.69, 9.17) is 0 Å². The normalized spacial score (nSPS) is 15.1. The number of hydrogen-bond acceptors (Lipinski definition) is 0. The van der Waals surface area contributed by atoms with E-state index < -0.39 is 0 Å². The van der Waals surface area contributed by atoms with Gasteiger partial charge in [0.1, 0.15) is 6.04 Å². The van der Waals surface area contributed by atoms with Crippen LogP contribution >= 0.6 is 0 Å². The van der Waals surface area contributed by atoms with Crippen LogP contribution in [0.3, 0.4) is 0 Å². The fraction of sp³-hybridized carbons (Fsp3) is 0.538. The third-order valence-electron chi connectivity index (χ3n) is 3.08. The topological polar surface area (TPSA) is 27.6 Å². The molecule has 78 valence electrons. The fourth-order valence-electron chi connectivity index (χ4n) is 1.57. The van der Waals surface area contributed by atoms with Crippen molar-refractivity contribution in [2.45, 2.75) is 45.6 Å². The van der Waals surface area contributed by atoms with Crippen molar-refractivity contribution < 1.29 is 5.73 Å². The fourth-order valence-corrected chi connectivity index (χ4v) is 1.57. The van der Waals surface area contributed by atoms with Crippen molar-refractivity contribution in [3.63, 3.8) is 0 Å². The smallest absolute Gasteiger partial charge is 0.110 e. The molecule has 1 rings (SSSR count). The second-order valence-electron chi connectivity index (χ2n) is 4.08. The van der Waals surface area contributed by atoms with E-state index in [9.17, 15) is 0 Å². The predicted molar refractivity (Wildman–Crippen MR) is 61.1 cm³/mol. The van der Waals surface area contributed by atoms with Crippen LogP contribution in [0.1, 0.15) is 56.7 Å². The van der Waals surface area contributed by atoms with E-state index in [1.54, 1.807) is 0 Å². The standard InChI is InChI=1S/C13H21N/c1-4-10(3)11-6-8-12(9-7-11)13(14)5-2/h6-10,13H,4-5,14H2,1-3H3/p+1/t10-,13+/m1/s1. The first kappa shape index (κ1) is 11.3. The van der Waals surface area contributed by atoms with E-state index in [1.807, 2.05) is 0 Å². The summed E-state index contributed by atoms with van der Waals surface area (Å²) in [4.78, 5) is 0. The summed E-state index contributed by atoms with van der Waals surface area (Å²) in [5.74, 6) is 0.675. The monoisotopic (exact) mass is 192 g/mol. The van der Waals surface area contributed by atoms with Crippen molar-refractivity contribution >= 4 is 0 Å². The van der Waals surface area contributed by atoms with E-state index in [-0.39, 0.29) is 0 Å². The Morgan fingerprint density at radius 2 is 1.50 bits per heavy atom. The molecule has 0 aromatic heterocycles. The van der Waals surface area contributed by atoms with Crippen LogP contribution in [0.5, 0.6) is 0 Å². The molecule has 0 saturated heterocycles. The molecule has 0 fully saturated rings. The van der Waals surface area contributed by atoms with Crippen molar-refractivity contribution in [1.29, 1.82) is 0 Å². The minimum atomic E-state index is 0.445. The second-order valence-corrected chi connectivity index (χ2v) is 4.08. The Hall–Kier alpha value is -0.820. The maximum absolute atomic E-state index is 4.12. The third-order valence-corrected chi connectivity index (χ3v) is 3.08. The van der Waals surface area contributed by atoms with Crippen LogP contribution in [0.15, 0.2) is 24.3 Å². The quantitative estimate of drug-likeness (QED) is 0.759. The summed E-state index contributed by atoms with van der Waals surface area (Å²) in [5.41, 5.74) is 6.93. The highest BCUT2D eigenvalue weighted by Gasteiger charge is 2.07. The van der Waals surface area contributed by atoms with E-state index >= 15 is 0 Å². The molecule has 1 heteroatoms. The van der Waals surface area contributed by atoms with Gasteiger partial charge in [-0.3, -0.25) is 0 Å². The van der Waals surface area contributed by atoms with Crippen LogP contribution < -0.4 is 5.73 Å². The lowest BCUT2D eigenvalue weighted by atomic mass is 9.96. The van der Waals surface area contributed by atoms with E-state index in [2.05, 4.69) is 50.8 Å². The van der Waals surface area contributed by atoms with Crippen molar-refractivity contribution in [1.82, 2.24) is 0 Å². The Morgan fingerprint density at radius 1 is 1.00 bits per heavy atom. The van der Waals surface area contributed by atoms with Crippen LogP contribution in [-0.4, -0.2) is 0 Å². The summed E-state index contributed by atoms with van der Waals surface area (Å²) in [7, 11) is 0. The van der Waals surface area contributed by atoms with Crippen LogP contribution in [0.2, 0.25) is 0 Å². The molecule has 0 spiro atoms. The van der Waals surface area contributed by atoms with Crippen molar-refractivity contribution in [2.75, 3.05) is 0 Å². The Morgan fingerprint density at radius 3 is 1.93 bits per heavy atom. The first-order chi connectivity index (χ1) is 6.69. The SMILES string of the molecule is CC[C@@H](C)c1ccc([C@@H]([NH3+])CC)cc1. The maximum atomic E-state index is 4.12. The Balaban J connectivity index is 2.78. The molecule has 0 unspecified atom stereocenters. The average molecular weight is 192 g/mol. The maximum Gasteiger partial charge on any atom is 0.110 e. The lowest BCUT2D eigenvalue weighted by molar-refractivity contribution is -0.427. The number of benzene rings is 1. The zero-order chi connectivity index (χ0) is 10.6. The molecule has 0 aliphatic heterocycles.